The Morgan fingerprint density at radius 2 is 2.11 bits per heavy atom. The summed E-state index contributed by atoms with van der Waals surface area (Å²) in [5.41, 5.74) is 0.0658. The van der Waals surface area contributed by atoms with Crippen molar-refractivity contribution >= 4 is 0 Å². The van der Waals surface area contributed by atoms with Crippen LogP contribution in [0.25, 0.3) is 0 Å². The van der Waals surface area contributed by atoms with E-state index < -0.39 is 0 Å². The predicted molar refractivity (Wildman–Crippen MR) is 78.1 cm³/mol. The molecule has 0 spiro atoms. The number of hydrogen-bond donors (Lipinski definition) is 0. The van der Waals surface area contributed by atoms with E-state index in [1.807, 2.05) is 0 Å². The molecule has 1 nitrogen and oxygen atoms in total. The van der Waals surface area contributed by atoms with Crippen molar-refractivity contribution in [2.45, 2.75) is 72.1 Å². The van der Waals surface area contributed by atoms with Crippen LogP contribution in [-0.2, 0) is 0 Å². The smallest absolute Gasteiger partial charge is 0.0692 e. The van der Waals surface area contributed by atoms with Crippen LogP contribution >= 0.6 is 0 Å². The molecule has 1 fully saturated rings. The average Bonchev–Trinajstić information content (AvgIpc) is 3.09. The second kappa shape index (κ2) is 7.62. The van der Waals surface area contributed by atoms with Gasteiger partial charge in [-0.15, -0.1) is 0 Å². The van der Waals surface area contributed by atoms with Crippen molar-refractivity contribution in [2.24, 2.45) is 17.3 Å². The Labute approximate surface area is 113 Å². The molecular weight excluding hydrogens is 218 g/mol. The second-order valence-electron chi connectivity index (χ2n) is 5.97. The van der Waals surface area contributed by atoms with Gasteiger partial charge in [-0.1, -0.05) is 52.2 Å². The van der Waals surface area contributed by atoms with E-state index in [2.05, 4.69) is 39.0 Å². The Morgan fingerprint density at radius 3 is 2.72 bits per heavy atom. The zero-order valence-corrected chi connectivity index (χ0v) is 12.4. The van der Waals surface area contributed by atoms with Gasteiger partial charge in [0.2, 0.25) is 0 Å². The van der Waals surface area contributed by atoms with Crippen molar-refractivity contribution < 1.29 is 0 Å². The summed E-state index contributed by atoms with van der Waals surface area (Å²) in [7, 11) is 0. The second-order valence-corrected chi connectivity index (χ2v) is 5.97. The van der Waals surface area contributed by atoms with Gasteiger partial charge in [0.1, 0.15) is 0 Å². The van der Waals surface area contributed by atoms with Gasteiger partial charge in [0, 0.05) is 0 Å². The molecule has 0 bridgehead atoms. The molecule has 1 aliphatic carbocycles. The Kier molecular flexibility index (Phi) is 6.47. The fourth-order valence-electron chi connectivity index (χ4n) is 3.21. The third kappa shape index (κ3) is 4.16. The van der Waals surface area contributed by atoms with Crippen molar-refractivity contribution in [3.8, 4) is 6.07 Å². The van der Waals surface area contributed by atoms with Crippen LogP contribution in [-0.4, -0.2) is 0 Å². The molecule has 0 amide bonds. The van der Waals surface area contributed by atoms with Crippen LogP contribution in [0.5, 0.6) is 0 Å². The van der Waals surface area contributed by atoms with Crippen LogP contribution in [0.4, 0.5) is 0 Å². The van der Waals surface area contributed by atoms with E-state index in [0.29, 0.717) is 5.92 Å². The van der Waals surface area contributed by atoms with E-state index >= 15 is 0 Å². The van der Waals surface area contributed by atoms with Gasteiger partial charge in [-0.3, -0.25) is 0 Å². The summed E-state index contributed by atoms with van der Waals surface area (Å²) >= 11 is 0. The molecule has 102 valence electrons. The maximum absolute atomic E-state index is 9.32. The Balaban J connectivity index is 2.17. The predicted octanol–water partition coefficient (Wildman–Crippen LogP) is 5.48. The first kappa shape index (κ1) is 15.3. The van der Waals surface area contributed by atoms with Gasteiger partial charge in [-0.2, -0.15) is 5.26 Å². The summed E-state index contributed by atoms with van der Waals surface area (Å²) in [6.45, 7) is 6.72. The van der Waals surface area contributed by atoms with Crippen molar-refractivity contribution in [3.63, 3.8) is 0 Å². The number of unbranched alkanes of at least 4 members (excludes halogenated alkanes) is 2. The Morgan fingerprint density at radius 1 is 1.33 bits per heavy atom. The molecule has 18 heavy (non-hydrogen) atoms. The maximum atomic E-state index is 9.32. The van der Waals surface area contributed by atoms with Crippen molar-refractivity contribution in [1.82, 2.24) is 0 Å². The molecule has 0 aromatic carbocycles. The van der Waals surface area contributed by atoms with Gasteiger partial charge in [-0.25, -0.2) is 0 Å². The molecule has 1 aliphatic rings. The first-order valence-corrected chi connectivity index (χ1v) is 7.76. The van der Waals surface area contributed by atoms with Gasteiger partial charge >= 0.3 is 0 Å². The molecule has 0 radical (unpaired) electrons. The standard InChI is InChI=1S/C17H29N/c1-4-6-7-8-9-10-11-15(3)16-13-17(16,14-18)12-5-2/h6-7,15-16H,4-5,8-13H2,1-3H3/b7-6-/t15?,16-,17?/m0/s1. The van der Waals surface area contributed by atoms with Gasteiger partial charge < -0.3 is 0 Å². The van der Waals surface area contributed by atoms with Crippen LogP contribution in [0.1, 0.15) is 72.1 Å². The minimum atomic E-state index is 0.0658. The van der Waals surface area contributed by atoms with E-state index in [9.17, 15) is 5.26 Å². The molecule has 0 heterocycles. The largest absolute Gasteiger partial charge is 0.198 e. The molecule has 1 saturated carbocycles. The van der Waals surface area contributed by atoms with E-state index in [-0.39, 0.29) is 5.41 Å². The van der Waals surface area contributed by atoms with Crippen molar-refractivity contribution in [1.29, 1.82) is 5.26 Å². The fraction of sp³-hybridized carbons (Fsp3) is 0.824. The summed E-state index contributed by atoms with van der Waals surface area (Å²) in [4.78, 5) is 0. The molecule has 3 atom stereocenters. The topological polar surface area (TPSA) is 23.8 Å². The molecule has 1 heteroatoms. The number of rotatable bonds is 9. The summed E-state index contributed by atoms with van der Waals surface area (Å²) in [5.74, 6) is 1.43. The molecule has 0 aromatic heterocycles. The molecule has 0 aromatic rings. The quantitative estimate of drug-likeness (QED) is 0.391. The van der Waals surface area contributed by atoms with Crippen LogP contribution in [0.2, 0.25) is 0 Å². The van der Waals surface area contributed by atoms with E-state index in [0.717, 1.165) is 31.6 Å². The van der Waals surface area contributed by atoms with Gasteiger partial charge in [-0.05, 0) is 43.9 Å². The highest BCUT2D eigenvalue weighted by Crippen LogP contribution is 2.59. The lowest BCUT2D eigenvalue weighted by molar-refractivity contribution is 0.382. The van der Waals surface area contributed by atoms with Crippen LogP contribution in [0, 0.1) is 28.6 Å². The average molecular weight is 247 g/mol. The van der Waals surface area contributed by atoms with E-state index in [1.54, 1.807) is 0 Å². The molecule has 1 rings (SSSR count). The summed E-state index contributed by atoms with van der Waals surface area (Å²) < 4.78 is 0. The van der Waals surface area contributed by atoms with E-state index in [1.165, 1.54) is 25.7 Å². The highest BCUT2D eigenvalue weighted by Gasteiger charge is 2.55. The molecule has 0 saturated heterocycles. The minimum absolute atomic E-state index is 0.0658. The zero-order chi connectivity index (χ0) is 13.4. The SMILES string of the molecule is CC/C=C\CCCCC(C)[C@@H]1CC1(C#N)CCC. The minimum Gasteiger partial charge on any atom is -0.198 e. The van der Waals surface area contributed by atoms with Crippen molar-refractivity contribution in [2.75, 3.05) is 0 Å². The van der Waals surface area contributed by atoms with Crippen molar-refractivity contribution in [3.05, 3.63) is 12.2 Å². The van der Waals surface area contributed by atoms with Gasteiger partial charge in [0.15, 0.2) is 0 Å². The summed E-state index contributed by atoms with van der Waals surface area (Å²) in [6.07, 6.45) is 14.3. The van der Waals surface area contributed by atoms with Crippen LogP contribution in [0.3, 0.4) is 0 Å². The number of allylic oxidation sites excluding steroid dienone is 2. The lowest BCUT2D eigenvalue weighted by atomic mass is 9.90. The highest BCUT2D eigenvalue weighted by atomic mass is 14.6. The van der Waals surface area contributed by atoms with Crippen LogP contribution in [0.15, 0.2) is 12.2 Å². The first-order chi connectivity index (χ1) is 8.70. The van der Waals surface area contributed by atoms with E-state index in [4.69, 9.17) is 0 Å². The first-order valence-electron chi connectivity index (χ1n) is 7.76. The lowest BCUT2D eigenvalue weighted by Gasteiger charge is -2.13. The summed E-state index contributed by atoms with van der Waals surface area (Å²) in [6, 6.07) is 2.59. The third-order valence-electron chi connectivity index (χ3n) is 4.42. The van der Waals surface area contributed by atoms with Gasteiger partial charge in [0.25, 0.3) is 0 Å². The van der Waals surface area contributed by atoms with Gasteiger partial charge in [0.05, 0.1) is 11.5 Å². The number of hydrogen-bond acceptors (Lipinski definition) is 1. The summed E-state index contributed by atoms with van der Waals surface area (Å²) in [5, 5.41) is 9.32. The Bertz CT molecular complexity index is 299. The highest BCUT2D eigenvalue weighted by molar-refractivity contribution is 5.16. The number of nitrogens with zero attached hydrogens (tertiary/aromatic N) is 1. The molecule has 2 unspecified atom stereocenters. The third-order valence-corrected chi connectivity index (χ3v) is 4.42. The number of nitriles is 1. The fourth-order valence-corrected chi connectivity index (χ4v) is 3.21. The maximum Gasteiger partial charge on any atom is 0.0692 e. The lowest BCUT2D eigenvalue weighted by Crippen LogP contribution is -2.07. The molecular formula is C17H29N. The normalized spacial score (nSPS) is 28.2. The zero-order valence-electron chi connectivity index (χ0n) is 12.4. The molecule has 0 aliphatic heterocycles. The molecule has 0 N–H and O–H groups in total. The Hall–Kier alpha value is -0.770. The monoisotopic (exact) mass is 247 g/mol. The van der Waals surface area contributed by atoms with Crippen LogP contribution < -0.4 is 0 Å².